The smallest absolute Gasteiger partial charge is 0.288 e. The van der Waals surface area contributed by atoms with Crippen LogP contribution in [0.15, 0.2) is 72.4 Å². The maximum Gasteiger partial charge on any atom is 0.288 e. The van der Waals surface area contributed by atoms with Crippen molar-refractivity contribution in [2.75, 3.05) is 6.61 Å². The van der Waals surface area contributed by atoms with Gasteiger partial charge in [-0.1, -0.05) is 60.7 Å². The van der Waals surface area contributed by atoms with Crippen LogP contribution in [0.25, 0.3) is 11.4 Å². The summed E-state index contributed by atoms with van der Waals surface area (Å²) in [5.41, 5.74) is 8.46. The molecule has 3 aromatic rings. The van der Waals surface area contributed by atoms with E-state index in [1.807, 2.05) is 48.5 Å². The van der Waals surface area contributed by atoms with Crippen LogP contribution in [-0.4, -0.2) is 27.5 Å². The Morgan fingerprint density at radius 1 is 1.19 bits per heavy atom. The Labute approximate surface area is 157 Å². The number of hydrogen-bond donors (Lipinski definition) is 2. The number of carbonyl (C=O) groups is 1. The molecular weight excluding hydrogens is 340 g/mol. The normalized spacial score (nSPS) is 15.6. The maximum absolute atomic E-state index is 12.2. The number of nitrogens with one attached hydrogen (secondary N) is 1. The van der Waals surface area contributed by atoms with E-state index >= 15 is 0 Å². The van der Waals surface area contributed by atoms with Crippen molar-refractivity contribution in [1.29, 1.82) is 0 Å². The number of H-pyrrole nitrogens is 1. The zero-order valence-electron chi connectivity index (χ0n) is 14.9. The van der Waals surface area contributed by atoms with Gasteiger partial charge in [0.25, 0.3) is 5.91 Å². The Kier molecular flexibility index (Phi) is 4.89. The third-order valence-corrected chi connectivity index (χ3v) is 4.58. The molecule has 1 fully saturated rings. The minimum absolute atomic E-state index is 0.0260. The van der Waals surface area contributed by atoms with E-state index in [0.717, 1.165) is 24.0 Å². The average Bonchev–Trinajstić information content (AvgIpc) is 3.47. The van der Waals surface area contributed by atoms with Gasteiger partial charge in [0.2, 0.25) is 0 Å². The van der Waals surface area contributed by atoms with E-state index in [1.54, 1.807) is 0 Å². The van der Waals surface area contributed by atoms with E-state index in [9.17, 15) is 4.79 Å². The summed E-state index contributed by atoms with van der Waals surface area (Å²) in [5, 5.41) is 7.09. The Morgan fingerprint density at radius 2 is 1.81 bits per heavy atom. The summed E-state index contributed by atoms with van der Waals surface area (Å²) in [4.78, 5) is 13.4. The molecule has 1 saturated carbocycles. The second-order valence-electron chi connectivity index (χ2n) is 6.78. The van der Waals surface area contributed by atoms with Gasteiger partial charge in [-0.3, -0.25) is 9.89 Å². The monoisotopic (exact) mass is 362 g/mol. The van der Waals surface area contributed by atoms with Gasteiger partial charge in [-0.2, -0.15) is 0 Å². The maximum atomic E-state index is 12.2. The number of nitrogens with zero attached hydrogens (tertiary/aromatic N) is 2. The Bertz CT molecular complexity index is 912. The lowest BCUT2D eigenvalue weighted by molar-refractivity contribution is 0.0519. The molecule has 0 radical (unpaired) electrons. The molecule has 1 aromatic heterocycles. The molecule has 1 aliphatic carbocycles. The topological polar surface area (TPSA) is 85.9 Å². The van der Waals surface area contributed by atoms with Crippen LogP contribution in [0.3, 0.4) is 0 Å². The molecule has 6 nitrogen and oxygen atoms in total. The molecule has 1 atom stereocenters. The fourth-order valence-corrected chi connectivity index (χ4v) is 3.02. The molecule has 1 aliphatic rings. The number of carbonyl (C=O) groups excluding carboxylic acids is 1. The summed E-state index contributed by atoms with van der Waals surface area (Å²) in [5.74, 6) is 0.870. The van der Waals surface area contributed by atoms with Crippen LogP contribution in [0.4, 0.5) is 0 Å². The highest BCUT2D eigenvalue weighted by molar-refractivity contribution is 5.89. The van der Waals surface area contributed by atoms with Crippen molar-refractivity contribution >= 4 is 5.91 Å². The zero-order chi connectivity index (χ0) is 18.6. The first-order valence-corrected chi connectivity index (χ1v) is 9.08. The van der Waals surface area contributed by atoms with Crippen molar-refractivity contribution in [3.05, 3.63) is 78.0 Å². The summed E-state index contributed by atoms with van der Waals surface area (Å²) in [6.45, 7) is 0.213. The molecule has 2 aromatic carbocycles. The molecule has 3 N–H and O–H groups in total. The molecule has 6 heteroatoms. The molecule has 0 amide bonds. The van der Waals surface area contributed by atoms with Crippen LogP contribution in [0.2, 0.25) is 0 Å². The van der Waals surface area contributed by atoms with Gasteiger partial charge in [-0.05, 0) is 24.3 Å². The lowest BCUT2D eigenvalue weighted by Gasteiger charge is -2.18. The van der Waals surface area contributed by atoms with E-state index in [4.69, 9.17) is 10.5 Å². The second-order valence-corrected chi connectivity index (χ2v) is 6.78. The second kappa shape index (κ2) is 7.63. The van der Waals surface area contributed by atoms with E-state index in [0.29, 0.717) is 17.4 Å². The molecule has 27 heavy (non-hydrogen) atoms. The van der Waals surface area contributed by atoms with Crippen LogP contribution in [0.5, 0.6) is 0 Å². The Hall–Kier alpha value is -3.12. The fraction of sp³-hybridized carbons (Fsp3) is 0.238. The third-order valence-electron chi connectivity index (χ3n) is 4.58. The average molecular weight is 362 g/mol. The van der Waals surface area contributed by atoms with Crippen molar-refractivity contribution < 1.29 is 9.53 Å². The van der Waals surface area contributed by atoms with Gasteiger partial charge in [-0.25, -0.2) is 0 Å². The molecule has 1 heterocycles. The van der Waals surface area contributed by atoms with Crippen LogP contribution in [0.1, 0.15) is 29.3 Å². The van der Waals surface area contributed by atoms with Gasteiger partial charge in [0.1, 0.15) is 0 Å². The summed E-state index contributed by atoms with van der Waals surface area (Å²) >= 11 is 0. The minimum atomic E-state index is -0.321. The van der Waals surface area contributed by atoms with Crippen molar-refractivity contribution in [2.45, 2.75) is 18.9 Å². The lowest BCUT2D eigenvalue weighted by Crippen LogP contribution is -2.24. The molecular formula is C21H22N4O2. The van der Waals surface area contributed by atoms with Crippen LogP contribution in [0, 0.1) is 5.92 Å². The number of ether oxygens (including phenoxy) is 1. The first kappa shape index (κ1) is 17.3. The number of rotatable bonds is 7. The molecule has 0 aliphatic heterocycles. The molecule has 138 valence electrons. The van der Waals surface area contributed by atoms with E-state index in [-0.39, 0.29) is 18.6 Å². The number of nitrogens with two attached hydrogens (primary N) is 1. The van der Waals surface area contributed by atoms with Gasteiger partial charge < -0.3 is 10.5 Å². The fourth-order valence-electron chi connectivity index (χ4n) is 3.02. The number of aromatic nitrogens is 3. The van der Waals surface area contributed by atoms with Crippen molar-refractivity contribution in [3.8, 4) is 11.4 Å². The molecule has 4 rings (SSSR count). The Morgan fingerprint density at radius 3 is 2.44 bits per heavy atom. The number of aromatic amines is 1. The molecule has 0 spiro atoms. The SMILES string of the molecule is N/C(=C\C(=O)n1nc(-c2ccccc2)[nH]1)COC(c1ccccc1)C1CC1. The first-order chi connectivity index (χ1) is 13.2. The molecule has 0 saturated heterocycles. The van der Waals surface area contributed by atoms with E-state index in [1.165, 1.54) is 10.9 Å². The zero-order valence-corrected chi connectivity index (χ0v) is 14.9. The Balaban J connectivity index is 1.35. The number of benzene rings is 2. The van der Waals surface area contributed by atoms with Crippen LogP contribution >= 0.6 is 0 Å². The van der Waals surface area contributed by atoms with Gasteiger partial charge in [0, 0.05) is 17.3 Å². The quantitative estimate of drug-likeness (QED) is 0.630. The van der Waals surface area contributed by atoms with Gasteiger partial charge in [0.05, 0.1) is 12.7 Å². The molecule has 0 bridgehead atoms. The molecule has 1 unspecified atom stereocenters. The van der Waals surface area contributed by atoms with Gasteiger partial charge in [-0.15, -0.1) is 9.90 Å². The highest BCUT2D eigenvalue weighted by Crippen LogP contribution is 2.43. The summed E-state index contributed by atoms with van der Waals surface area (Å²) in [6, 6.07) is 19.8. The first-order valence-electron chi connectivity index (χ1n) is 9.08. The lowest BCUT2D eigenvalue weighted by atomic mass is 10.1. The number of hydrogen-bond acceptors (Lipinski definition) is 4. The predicted molar refractivity (Wildman–Crippen MR) is 103 cm³/mol. The van der Waals surface area contributed by atoms with E-state index in [2.05, 4.69) is 22.3 Å². The van der Waals surface area contributed by atoms with Crippen molar-refractivity contribution in [3.63, 3.8) is 0 Å². The van der Waals surface area contributed by atoms with Crippen LogP contribution in [-0.2, 0) is 4.74 Å². The number of allylic oxidation sites excluding steroid dienone is 1. The highest BCUT2D eigenvalue weighted by Gasteiger charge is 2.33. The van der Waals surface area contributed by atoms with Gasteiger partial charge in [0.15, 0.2) is 5.82 Å². The largest absolute Gasteiger partial charge is 0.400 e. The minimum Gasteiger partial charge on any atom is -0.400 e. The summed E-state index contributed by atoms with van der Waals surface area (Å²) in [7, 11) is 0. The predicted octanol–water partition coefficient (Wildman–Crippen LogP) is 3.53. The van der Waals surface area contributed by atoms with Gasteiger partial charge >= 0.3 is 0 Å². The van der Waals surface area contributed by atoms with Crippen LogP contribution < -0.4 is 5.73 Å². The van der Waals surface area contributed by atoms with E-state index < -0.39 is 0 Å². The third kappa shape index (κ3) is 4.17. The van der Waals surface area contributed by atoms with Crippen molar-refractivity contribution in [2.24, 2.45) is 11.7 Å². The highest BCUT2D eigenvalue weighted by atomic mass is 16.5. The summed E-state index contributed by atoms with van der Waals surface area (Å²) in [6.07, 6.45) is 3.71. The van der Waals surface area contributed by atoms with Crippen molar-refractivity contribution in [1.82, 2.24) is 15.0 Å². The standard InChI is InChI=1S/C21H22N4O2/c22-18(14-27-20(16-11-12-16)15-7-3-1-4-8-15)13-19(26)25-23-21(24-25)17-9-5-2-6-10-17/h1-10,13,16,20H,11-12,14,22H2,(H,23,24)/b18-13-. The summed E-state index contributed by atoms with van der Waals surface area (Å²) < 4.78 is 6.02.